The van der Waals surface area contributed by atoms with Crippen LogP contribution in [0.5, 0.6) is 5.75 Å². The van der Waals surface area contributed by atoms with E-state index in [2.05, 4.69) is 10.3 Å². The van der Waals surface area contributed by atoms with Crippen molar-refractivity contribution in [3.8, 4) is 5.75 Å². The van der Waals surface area contributed by atoms with Gasteiger partial charge >= 0.3 is 6.03 Å². The number of nitrogens with two attached hydrogens (primary N) is 1. The zero-order valence-corrected chi connectivity index (χ0v) is 16.7. The zero-order valence-electron chi connectivity index (χ0n) is 16.7. The van der Waals surface area contributed by atoms with Crippen LogP contribution in [-0.4, -0.2) is 46.1 Å². The number of hydrogen-bond donors (Lipinski definition) is 4. The Morgan fingerprint density at radius 3 is 2.53 bits per heavy atom. The molecule has 156 valence electrons. The van der Waals surface area contributed by atoms with E-state index in [4.69, 9.17) is 5.73 Å². The molecule has 1 atom stereocenters. The molecule has 1 unspecified atom stereocenters. The third-order valence-corrected chi connectivity index (χ3v) is 5.88. The van der Waals surface area contributed by atoms with Gasteiger partial charge in [0, 0.05) is 36.6 Å². The van der Waals surface area contributed by atoms with Crippen molar-refractivity contribution in [1.29, 1.82) is 0 Å². The minimum absolute atomic E-state index is 0.108. The number of primary amides is 1. The van der Waals surface area contributed by atoms with Gasteiger partial charge in [-0.1, -0.05) is 30.3 Å². The number of rotatable bonds is 5. The second-order valence-corrected chi connectivity index (χ2v) is 7.82. The predicted octanol–water partition coefficient (Wildman–Crippen LogP) is 2.86. The molecule has 2 heterocycles. The van der Waals surface area contributed by atoms with Gasteiger partial charge in [-0.3, -0.25) is 4.79 Å². The molecular formula is C23H26N4O3. The van der Waals surface area contributed by atoms with Gasteiger partial charge in [-0.15, -0.1) is 0 Å². The van der Waals surface area contributed by atoms with E-state index >= 15 is 0 Å². The Labute approximate surface area is 174 Å². The highest BCUT2D eigenvalue weighted by Crippen LogP contribution is 2.29. The number of para-hydroxylation sites is 1. The molecule has 0 radical (unpaired) electrons. The molecule has 0 bridgehead atoms. The van der Waals surface area contributed by atoms with Crippen LogP contribution in [0, 0.1) is 0 Å². The lowest BCUT2D eigenvalue weighted by Gasteiger charge is -2.34. The van der Waals surface area contributed by atoms with E-state index in [1.54, 1.807) is 12.1 Å². The smallest absolute Gasteiger partial charge is 0.312 e. The van der Waals surface area contributed by atoms with E-state index in [9.17, 15) is 14.7 Å². The van der Waals surface area contributed by atoms with Gasteiger partial charge < -0.3 is 26.0 Å². The van der Waals surface area contributed by atoms with Crippen LogP contribution < -0.4 is 11.1 Å². The Morgan fingerprint density at radius 1 is 1.13 bits per heavy atom. The lowest BCUT2D eigenvalue weighted by molar-refractivity contribution is -0.134. The first-order valence-corrected chi connectivity index (χ1v) is 10.2. The number of carbonyl (C=O) groups excluding carboxylic acids is 2. The molecule has 30 heavy (non-hydrogen) atoms. The van der Waals surface area contributed by atoms with Crippen LogP contribution in [0.4, 0.5) is 4.79 Å². The highest BCUT2D eigenvalue weighted by atomic mass is 16.3. The van der Waals surface area contributed by atoms with Crippen molar-refractivity contribution < 1.29 is 14.7 Å². The number of H-pyrrole nitrogens is 1. The number of aromatic nitrogens is 1. The number of urea groups is 1. The number of piperidine rings is 1. The molecule has 3 amide bonds. The van der Waals surface area contributed by atoms with E-state index in [1.807, 2.05) is 47.5 Å². The number of phenols is 1. The van der Waals surface area contributed by atoms with Gasteiger partial charge in [0.2, 0.25) is 5.91 Å². The molecule has 1 aliphatic rings. The molecule has 0 aliphatic carbocycles. The standard InChI is InChI=1S/C23H26N4O3/c24-23(30)26-21(13-17-14-25-20-4-2-1-3-19(17)20)22(29)27-11-9-16(10-12-27)15-5-7-18(28)8-6-15/h1-8,14,16,21,25,28H,9-13H2,(H3,24,26,30). The number of benzene rings is 2. The molecule has 0 saturated carbocycles. The Balaban J connectivity index is 1.45. The lowest BCUT2D eigenvalue weighted by Crippen LogP contribution is -2.52. The zero-order chi connectivity index (χ0) is 21.1. The summed E-state index contributed by atoms with van der Waals surface area (Å²) in [7, 11) is 0. The number of aromatic hydroxyl groups is 1. The summed E-state index contributed by atoms with van der Waals surface area (Å²) in [4.78, 5) is 29.8. The van der Waals surface area contributed by atoms with Crippen LogP contribution >= 0.6 is 0 Å². The van der Waals surface area contributed by atoms with Crippen LogP contribution in [0.3, 0.4) is 0 Å². The van der Waals surface area contributed by atoms with Crippen LogP contribution in [0.2, 0.25) is 0 Å². The summed E-state index contributed by atoms with van der Waals surface area (Å²) in [5, 5.41) is 13.1. The minimum Gasteiger partial charge on any atom is -0.508 e. The van der Waals surface area contributed by atoms with Crippen molar-refractivity contribution in [2.24, 2.45) is 5.73 Å². The Kier molecular flexibility index (Phi) is 5.61. The number of nitrogens with one attached hydrogen (secondary N) is 2. The molecule has 7 nitrogen and oxygen atoms in total. The van der Waals surface area contributed by atoms with E-state index in [0.717, 1.165) is 29.3 Å². The summed E-state index contributed by atoms with van der Waals surface area (Å²) in [6.07, 6.45) is 3.94. The Hall–Kier alpha value is -3.48. The van der Waals surface area contributed by atoms with Crippen molar-refractivity contribution >= 4 is 22.8 Å². The largest absolute Gasteiger partial charge is 0.508 e. The Morgan fingerprint density at radius 2 is 1.83 bits per heavy atom. The summed E-state index contributed by atoms with van der Waals surface area (Å²) in [6, 6.07) is 13.7. The first-order chi connectivity index (χ1) is 14.5. The number of nitrogens with zero attached hydrogens (tertiary/aromatic N) is 1. The molecule has 7 heteroatoms. The predicted molar refractivity (Wildman–Crippen MR) is 115 cm³/mol. The maximum absolute atomic E-state index is 13.2. The molecule has 1 aromatic heterocycles. The molecule has 1 aliphatic heterocycles. The summed E-state index contributed by atoms with van der Waals surface area (Å²) in [5.41, 5.74) is 8.50. The molecular weight excluding hydrogens is 380 g/mol. The summed E-state index contributed by atoms with van der Waals surface area (Å²) in [6.45, 7) is 1.24. The molecule has 1 saturated heterocycles. The van der Waals surface area contributed by atoms with E-state index < -0.39 is 12.1 Å². The van der Waals surface area contributed by atoms with Crippen molar-refractivity contribution in [3.05, 3.63) is 65.9 Å². The van der Waals surface area contributed by atoms with Crippen LogP contribution in [0.15, 0.2) is 54.7 Å². The molecule has 2 aromatic carbocycles. The number of likely N-dealkylation sites (tertiary alicyclic amines) is 1. The van der Waals surface area contributed by atoms with Crippen LogP contribution in [-0.2, 0) is 11.2 Å². The fourth-order valence-corrected chi connectivity index (χ4v) is 4.29. The van der Waals surface area contributed by atoms with Crippen molar-refractivity contribution in [1.82, 2.24) is 15.2 Å². The van der Waals surface area contributed by atoms with Gasteiger partial charge in [-0.25, -0.2) is 4.79 Å². The SMILES string of the molecule is NC(=O)NC(Cc1c[nH]c2ccccc12)C(=O)N1CCC(c2ccc(O)cc2)CC1. The number of amides is 3. The molecule has 5 N–H and O–H groups in total. The number of fused-ring (bicyclic) bond motifs is 1. The van der Waals surface area contributed by atoms with Crippen LogP contribution in [0.25, 0.3) is 10.9 Å². The molecule has 3 aromatic rings. The fourth-order valence-electron chi connectivity index (χ4n) is 4.29. The van der Waals surface area contributed by atoms with E-state index in [-0.39, 0.29) is 11.7 Å². The first kappa shape index (κ1) is 19.8. The molecule has 0 spiro atoms. The van der Waals surface area contributed by atoms with Gasteiger partial charge in [0.05, 0.1) is 0 Å². The van der Waals surface area contributed by atoms with Gasteiger partial charge in [0.15, 0.2) is 0 Å². The average molecular weight is 406 g/mol. The lowest BCUT2D eigenvalue weighted by atomic mass is 9.89. The normalized spacial score (nSPS) is 15.8. The van der Waals surface area contributed by atoms with Crippen molar-refractivity contribution in [2.75, 3.05) is 13.1 Å². The van der Waals surface area contributed by atoms with Crippen molar-refractivity contribution in [3.63, 3.8) is 0 Å². The van der Waals surface area contributed by atoms with Crippen LogP contribution in [0.1, 0.15) is 29.9 Å². The van der Waals surface area contributed by atoms with E-state index in [1.165, 1.54) is 5.56 Å². The molecule has 4 rings (SSSR count). The maximum atomic E-state index is 13.2. The second kappa shape index (κ2) is 8.49. The second-order valence-electron chi connectivity index (χ2n) is 7.82. The van der Waals surface area contributed by atoms with E-state index in [0.29, 0.717) is 25.4 Å². The van der Waals surface area contributed by atoms with Gasteiger partial charge in [0.25, 0.3) is 0 Å². The number of phenolic OH excluding ortho intramolecular Hbond substituents is 1. The Bertz CT molecular complexity index is 1040. The highest BCUT2D eigenvalue weighted by Gasteiger charge is 2.30. The number of hydrogen-bond acceptors (Lipinski definition) is 3. The first-order valence-electron chi connectivity index (χ1n) is 10.2. The minimum atomic E-state index is -0.702. The highest BCUT2D eigenvalue weighted by molar-refractivity contribution is 5.89. The summed E-state index contributed by atoms with van der Waals surface area (Å²) in [5.74, 6) is 0.498. The summed E-state index contributed by atoms with van der Waals surface area (Å²) >= 11 is 0. The third-order valence-electron chi connectivity index (χ3n) is 5.88. The monoisotopic (exact) mass is 406 g/mol. The van der Waals surface area contributed by atoms with Crippen molar-refractivity contribution in [2.45, 2.75) is 31.2 Å². The van der Waals surface area contributed by atoms with Gasteiger partial charge in [0.1, 0.15) is 11.8 Å². The molecule has 1 fully saturated rings. The maximum Gasteiger partial charge on any atom is 0.312 e. The number of aromatic amines is 1. The topological polar surface area (TPSA) is 111 Å². The van der Waals surface area contributed by atoms with Gasteiger partial charge in [-0.05, 0) is 48.1 Å². The summed E-state index contributed by atoms with van der Waals surface area (Å²) < 4.78 is 0. The number of carbonyl (C=O) groups is 2. The third kappa shape index (κ3) is 4.25. The fraction of sp³-hybridized carbons (Fsp3) is 0.304. The average Bonchev–Trinajstić information content (AvgIpc) is 3.16. The quantitative estimate of drug-likeness (QED) is 0.523. The van der Waals surface area contributed by atoms with Gasteiger partial charge in [-0.2, -0.15) is 0 Å².